The van der Waals surface area contributed by atoms with E-state index in [9.17, 15) is 9.90 Å². The lowest BCUT2D eigenvalue weighted by molar-refractivity contribution is -0.123. The van der Waals surface area contributed by atoms with Crippen LogP contribution < -0.4 is 5.32 Å². The first-order valence-corrected chi connectivity index (χ1v) is 8.95. The van der Waals surface area contributed by atoms with Gasteiger partial charge in [-0.1, -0.05) is 50.1 Å². The van der Waals surface area contributed by atoms with E-state index in [1.807, 2.05) is 30.3 Å². The van der Waals surface area contributed by atoms with E-state index in [2.05, 4.69) is 17.1 Å². The first-order chi connectivity index (χ1) is 11.2. The molecule has 1 aromatic carbocycles. The zero-order valence-electron chi connectivity index (χ0n) is 14.2. The zero-order valence-corrected chi connectivity index (χ0v) is 14.2. The summed E-state index contributed by atoms with van der Waals surface area (Å²) in [7, 11) is 0. The van der Waals surface area contributed by atoms with E-state index in [0.29, 0.717) is 6.42 Å². The maximum Gasteiger partial charge on any atom is 0.220 e. The van der Waals surface area contributed by atoms with Gasteiger partial charge in [-0.3, -0.25) is 4.79 Å². The number of carbonyl (C=O) groups is 1. The lowest BCUT2D eigenvalue weighted by Crippen LogP contribution is -2.46. The molecule has 23 heavy (non-hydrogen) atoms. The molecule has 1 aliphatic heterocycles. The second-order valence-electron chi connectivity index (χ2n) is 6.49. The van der Waals surface area contributed by atoms with Crippen LogP contribution in [0.1, 0.15) is 57.1 Å². The molecule has 4 heteroatoms. The predicted molar refractivity (Wildman–Crippen MR) is 93.1 cm³/mol. The average molecular weight is 318 g/mol. The number of amides is 1. The fraction of sp³-hybridized carbons (Fsp3) is 0.632. The number of nitrogens with one attached hydrogen (secondary N) is 1. The van der Waals surface area contributed by atoms with Crippen molar-refractivity contribution in [3.8, 4) is 0 Å². The molecule has 1 fully saturated rings. The standard InChI is InChI=1S/C19H30N2O2/c1-2-3-5-12-18(22)20-17(15-21-13-8-9-14-21)19(23)16-10-6-4-7-11-16/h4,6-7,10-11,17,19,23H,2-3,5,8-9,12-15H2,1H3,(H,20,22). The highest BCUT2D eigenvalue weighted by molar-refractivity contribution is 5.76. The monoisotopic (exact) mass is 318 g/mol. The van der Waals surface area contributed by atoms with Gasteiger partial charge in [-0.25, -0.2) is 0 Å². The van der Waals surface area contributed by atoms with Crippen molar-refractivity contribution in [2.24, 2.45) is 0 Å². The summed E-state index contributed by atoms with van der Waals surface area (Å²) in [5, 5.41) is 13.8. The summed E-state index contributed by atoms with van der Waals surface area (Å²) in [6, 6.07) is 9.39. The number of carbonyl (C=O) groups excluding carboxylic acids is 1. The minimum Gasteiger partial charge on any atom is -0.386 e. The number of nitrogens with zero attached hydrogens (tertiary/aromatic N) is 1. The zero-order chi connectivity index (χ0) is 16.5. The minimum absolute atomic E-state index is 0.0534. The van der Waals surface area contributed by atoms with Crippen molar-refractivity contribution < 1.29 is 9.90 Å². The fourth-order valence-corrected chi connectivity index (χ4v) is 3.16. The molecule has 1 heterocycles. The molecule has 0 bridgehead atoms. The molecular weight excluding hydrogens is 288 g/mol. The average Bonchev–Trinajstić information content (AvgIpc) is 3.08. The van der Waals surface area contributed by atoms with Crippen molar-refractivity contribution in [2.75, 3.05) is 19.6 Å². The second kappa shape index (κ2) is 9.68. The molecule has 2 N–H and O–H groups in total. The van der Waals surface area contributed by atoms with E-state index in [4.69, 9.17) is 0 Å². The molecule has 1 aromatic rings. The highest BCUT2D eigenvalue weighted by Gasteiger charge is 2.26. The van der Waals surface area contributed by atoms with Gasteiger partial charge in [0.25, 0.3) is 0 Å². The van der Waals surface area contributed by atoms with Gasteiger partial charge in [-0.2, -0.15) is 0 Å². The molecule has 0 saturated carbocycles. The van der Waals surface area contributed by atoms with Crippen LogP contribution in [-0.4, -0.2) is 41.6 Å². The summed E-state index contributed by atoms with van der Waals surface area (Å²) < 4.78 is 0. The van der Waals surface area contributed by atoms with Crippen molar-refractivity contribution in [1.29, 1.82) is 0 Å². The molecule has 1 aliphatic rings. The SMILES string of the molecule is CCCCCC(=O)NC(CN1CCCC1)C(O)c1ccccc1. The van der Waals surface area contributed by atoms with Crippen LogP contribution in [0.4, 0.5) is 0 Å². The number of hydrogen-bond acceptors (Lipinski definition) is 3. The Kier molecular flexibility index (Phi) is 7.56. The molecule has 1 saturated heterocycles. The Labute approximate surface area is 139 Å². The molecule has 1 amide bonds. The van der Waals surface area contributed by atoms with E-state index in [1.54, 1.807) is 0 Å². The summed E-state index contributed by atoms with van der Waals surface area (Å²) in [5.41, 5.74) is 0.866. The Morgan fingerprint density at radius 3 is 2.57 bits per heavy atom. The highest BCUT2D eigenvalue weighted by Crippen LogP contribution is 2.19. The Hall–Kier alpha value is -1.39. The van der Waals surface area contributed by atoms with Crippen LogP contribution in [0, 0.1) is 0 Å². The topological polar surface area (TPSA) is 52.6 Å². The number of aliphatic hydroxyl groups excluding tert-OH is 1. The van der Waals surface area contributed by atoms with Gasteiger partial charge < -0.3 is 15.3 Å². The lowest BCUT2D eigenvalue weighted by atomic mass is 10.0. The van der Waals surface area contributed by atoms with E-state index in [1.165, 1.54) is 12.8 Å². The van der Waals surface area contributed by atoms with Crippen LogP contribution in [0.2, 0.25) is 0 Å². The van der Waals surface area contributed by atoms with Crippen molar-refractivity contribution in [2.45, 2.75) is 57.6 Å². The largest absolute Gasteiger partial charge is 0.386 e. The maximum atomic E-state index is 12.2. The van der Waals surface area contributed by atoms with E-state index < -0.39 is 6.10 Å². The van der Waals surface area contributed by atoms with Crippen LogP contribution in [0.25, 0.3) is 0 Å². The van der Waals surface area contributed by atoms with Crippen LogP contribution in [-0.2, 0) is 4.79 Å². The second-order valence-corrected chi connectivity index (χ2v) is 6.49. The molecule has 4 nitrogen and oxygen atoms in total. The van der Waals surface area contributed by atoms with E-state index in [-0.39, 0.29) is 11.9 Å². The van der Waals surface area contributed by atoms with Gasteiger partial charge in [-0.15, -0.1) is 0 Å². The van der Waals surface area contributed by atoms with Crippen molar-refractivity contribution in [3.05, 3.63) is 35.9 Å². The van der Waals surface area contributed by atoms with Gasteiger partial charge in [0.2, 0.25) is 5.91 Å². The molecule has 0 spiro atoms. The van der Waals surface area contributed by atoms with Gasteiger partial charge >= 0.3 is 0 Å². The molecule has 0 aromatic heterocycles. The lowest BCUT2D eigenvalue weighted by Gasteiger charge is -2.28. The number of benzene rings is 1. The predicted octanol–water partition coefficient (Wildman–Crippen LogP) is 2.88. The summed E-state index contributed by atoms with van der Waals surface area (Å²) in [6.07, 6.45) is 5.40. The first kappa shape index (κ1) is 18.0. The van der Waals surface area contributed by atoms with Crippen molar-refractivity contribution in [1.82, 2.24) is 10.2 Å². The minimum atomic E-state index is -0.660. The third-order valence-electron chi connectivity index (χ3n) is 4.53. The van der Waals surface area contributed by atoms with Gasteiger partial charge in [-0.05, 0) is 37.9 Å². The highest BCUT2D eigenvalue weighted by atomic mass is 16.3. The molecule has 128 valence electrons. The Morgan fingerprint density at radius 1 is 1.22 bits per heavy atom. The third-order valence-corrected chi connectivity index (χ3v) is 4.53. The van der Waals surface area contributed by atoms with Gasteiger partial charge in [0.05, 0.1) is 6.04 Å². The van der Waals surface area contributed by atoms with Crippen molar-refractivity contribution in [3.63, 3.8) is 0 Å². The maximum absolute atomic E-state index is 12.2. The number of rotatable bonds is 9. The smallest absolute Gasteiger partial charge is 0.220 e. The van der Waals surface area contributed by atoms with Gasteiger partial charge in [0.1, 0.15) is 6.10 Å². The molecule has 2 rings (SSSR count). The third kappa shape index (κ3) is 5.96. The van der Waals surface area contributed by atoms with Crippen LogP contribution >= 0.6 is 0 Å². The quantitative estimate of drug-likeness (QED) is 0.688. The van der Waals surface area contributed by atoms with Crippen molar-refractivity contribution >= 4 is 5.91 Å². The van der Waals surface area contributed by atoms with Crippen LogP contribution in [0.3, 0.4) is 0 Å². The Balaban J connectivity index is 1.97. The number of likely N-dealkylation sites (tertiary alicyclic amines) is 1. The number of unbranched alkanes of at least 4 members (excludes halogenated alkanes) is 2. The Bertz CT molecular complexity index is 458. The van der Waals surface area contributed by atoms with E-state index >= 15 is 0 Å². The summed E-state index contributed by atoms with van der Waals surface area (Å²) in [5.74, 6) is 0.0534. The van der Waals surface area contributed by atoms with Gasteiger partial charge in [0, 0.05) is 13.0 Å². The fourth-order valence-electron chi connectivity index (χ4n) is 3.16. The number of hydrogen-bond donors (Lipinski definition) is 2. The van der Waals surface area contributed by atoms with Gasteiger partial charge in [0.15, 0.2) is 0 Å². The van der Waals surface area contributed by atoms with Crippen LogP contribution in [0.15, 0.2) is 30.3 Å². The summed E-state index contributed by atoms with van der Waals surface area (Å²) in [6.45, 7) is 4.97. The summed E-state index contributed by atoms with van der Waals surface area (Å²) in [4.78, 5) is 14.5. The molecule has 2 unspecified atom stereocenters. The first-order valence-electron chi connectivity index (χ1n) is 8.95. The number of aliphatic hydroxyl groups is 1. The molecular formula is C19H30N2O2. The Morgan fingerprint density at radius 2 is 1.91 bits per heavy atom. The summed E-state index contributed by atoms with van der Waals surface area (Å²) >= 11 is 0. The van der Waals surface area contributed by atoms with E-state index in [0.717, 1.165) is 44.5 Å². The molecule has 2 atom stereocenters. The molecule has 0 radical (unpaired) electrons. The normalized spacial score (nSPS) is 17.8. The molecule has 0 aliphatic carbocycles. The van der Waals surface area contributed by atoms with Crippen LogP contribution in [0.5, 0.6) is 0 Å².